The first kappa shape index (κ1) is 14.5. The standard InChI is InChI=1S/C17H28N2/c1-5-17(4)13-19(11-7-10-18-17)12-16-14(2)8-6-9-15(16)3/h6,8-9,18H,5,7,10-13H2,1-4H3. The Hall–Kier alpha value is -0.860. The molecule has 0 amide bonds. The van der Waals surface area contributed by atoms with Gasteiger partial charge in [-0.1, -0.05) is 25.1 Å². The van der Waals surface area contributed by atoms with E-state index in [-0.39, 0.29) is 5.54 Å². The minimum absolute atomic E-state index is 0.271. The molecule has 0 aliphatic carbocycles. The fourth-order valence-electron chi connectivity index (χ4n) is 3.02. The molecule has 1 aromatic rings. The van der Waals surface area contributed by atoms with Gasteiger partial charge in [0.2, 0.25) is 0 Å². The monoisotopic (exact) mass is 260 g/mol. The van der Waals surface area contributed by atoms with Crippen LogP contribution in [0, 0.1) is 13.8 Å². The molecule has 1 fully saturated rings. The SMILES string of the molecule is CCC1(C)CN(Cc2c(C)cccc2C)CCCN1. The molecular formula is C17H28N2. The van der Waals surface area contributed by atoms with Crippen molar-refractivity contribution in [2.24, 2.45) is 0 Å². The number of aryl methyl sites for hydroxylation is 2. The van der Waals surface area contributed by atoms with Crippen LogP contribution in [0.1, 0.15) is 43.4 Å². The highest BCUT2D eigenvalue weighted by Crippen LogP contribution is 2.20. The van der Waals surface area contributed by atoms with E-state index in [2.05, 4.69) is 56.1 Å². The Kier molecular flexibility index (Phi) is 4.64. The van der Waals surface area contributed by atoms with Gasteiger partial charge in [-0.2, -0.15) is 0 Å². The molecule has 19 heavy (non-hydrogen) atoms. The molecule has 0 bridgehead atoms. The van der Waals surface area contributed by atoms with E-state index < -0.39 is 0 Å². The van der Waals surface area contributed by atoms with Gasteiger partial charge >= 0.3 is 0 Å². The van der Waals surface area contributed by atoms with E-state index in [0.717, 1.165) is 19.6 Å². The van der Waals surface area contributed by atoms with Crippen molar-refractivity contribution in [2.45, 2.75) is 52.6 Å². The summed E-state index contributed by atoms with van der Waals surface area (Å²) in [7, 11) is 0. The van der Waals surface area contributed by atoms with E-state index in [1.54, 1.807) is 0 Å². The summed E-state index contributed by atoms with van der Waals surface area (Å²) in [5.74, 6) is 0. The second-order valence-electron chi connectivity index (χ2n) is 6.28. The predicted molar refractivity (Wildman–Crippen MR) is 82.5 cm³/mol. The lowest BCUT2D eigenvalue weighted by molar-refractivity contribution is 0.208. The smallest absolute Gasteiger partial charge is 0.0277 e. The van der Waals surface area contributed by atoms with Gasteiger partial charge < -0.3 is 5.32 Å². The molecule has 1 heterocycles. The van der Waals surface area contributed by atoms with Crippen LogP contribution in [-0.2, 0) is 6.54 Å². The fourth-order valence-corrected chi connectivity index (χ4v) is 3.02. The van der Waals surface area contributed by atoms with Gasteiger partial charge in [0.1, 0.15) is 0 Å². The maximum Gasteiger partial charge on any atom is 0.0277 e. The molecule has 1 N–H and O–H groups in total. The van der Waals surface area contributed by atoms with Gasteiger partial charge in [-0.05, 0) is 63.4 Å². The first-order chi connectivity index (χ1) is 9.04. The summed E-state index contributed by atoms with van der Waals surface area (Å²) in [5.41, 5.74) is 4.64. The molecule has 0 aromatic heterocycles. The van der Waals surface area contributed by atoms with E-state index in [9.17, 15) is 0 Å². The molecule has 1 aliphatic rings. The van der Waals surface area contributed by atoms with Crippen molar-refractivity contribution in [1.82, 2.24) is 10.2 Å². The van der Waals surface area contributed by atoms with Crippen LogP contribution in [0.3, 0.4) is 0 Å². The Bertz CT molecular complexity index is 407. The Labute approximate surface area is 118 Å². The lowest BCUT2D eigenvalue weighted by atomic mass is 9.97. The maximum absolute atomic E-state index is 3.71. The van der Waals surface area contributed by atoms with Crippen LogP contribution in [0.2, 0.25) is 0 Å². The van der Waals surface area contributed by atoms with Gasteiger partial charge in [-0.15, -0.1) is 0 Å². The van der Waals surface area contributed by atoms with Crippen LogP contribution in [0.15, 0.2) is 18.2 Å². The van der Waals surface area contributed by atoms with Crippen molar-refractivity contribution in [3.05, 3.63) is 34.9 Å². The van der Waals surface area contributed by atoms with Crippen LogP contribution < -0.4 is 5.32 Å². The minimum Gasteiger partial charge on any atom is -0.310 e. The zero-order valence-electron chi connectivity index (χ0n) is 12.9. The molecular weight excluding hydrogens is 232 g/mol. The first-order valence-corrected chi connectivity index (χ1v) is 7.56. The number of hydrogen-bond acceptors (Lipinski definition) is 2. The number of rotatable bonds is 3. The van der Waals surface area contributed by atoms with Crippen LogP contribution in [0.25, 0.3) is 0 Å². The molecule has 2 heteroatoms. The molecule has 1 atom stereocenters. The van der Waals surface area contributed by atoms with Crippen molar-refractivity contribution < 1.29 is 0 Å². The van der Waals surface area contributed by atoms with Crippen molar-refractivity contribution in [1.29, 1.82) is 0 Å². The molecule has 0 radical (unpaired) electrons. The second kappa shape index (κ2) is 6.06. The zero-order valence-corrected chi connectivity index (χ0v) is 12.9. The Morgan fingerprint density at radius 1 is 1.26 bits per heavy atom. The predicted octanol–water partition coefficient (Wildman–Crippen LogP) is 3.27. The summed E-state index contributed by atoms with van der Waals surface area (Å²) in [5, 5.41) is 3.71. The third-order valence-electron chi connectivity index (χ3n) is 4.58. The summed E-state index contributed by atoms with van der Waals surface area (Å²) in [6, 6.07) is 6.63. The van der Waals surface area contributed by atoms with Crippen LogP contribution in [0.5, 0.6) is 0 Å². The minimum atomic E-state index is 0.271. The summed E-state index contributed by atoms with van der Waals surface area (Å²) >= 11 is 0. The highest BCUT2D eigenvalue weighted by atomic mass is 15.2. The number of hydrogen-bond donors (Lipinski definition) is 1. The van der Waals surface area contributed by atoms with Crippen LogP contribution >= 0.6 is 0 Å². The van der Waals surface area contributed by atoms with Gasteiger partial charge in [-0.3, -0.25) is 4.90 Å². The van der Waals surface area contributed by atoms with Crippen LogP contribution in [-0.4, -0.2) is 30.1 Å². The average Bonchev–Trinajstić information content (AvgIpc) is 2.57. The number of nitrogens with zero attached hydrogens (tertiary/aromatic N) is 1. The summed E-state index contributed by atoms with van der Waals surface area (Å²) in [4.78, 5) is 2.62. The molecule has 0 saturated carbocycles. The van der Waals surface area contributed by atoms with Gasteiger partial charge in [0.15, 0.2) is 0 Å². The van der Waals surface area contributed by atoms with E-state index in [1.807, 2.05) is 0 Å². The summed E-state index contributed by atoms with van der Waals surface area (Å²) in [6.07, 6.45) is 2.44. The molecule has 1 aliphatic heterocycles. The molecule has 1 unspecified atom stereocenters. The molecule has 1 saturated heterocycles. The van der Waals surface area contributed by atoms with Crippen molar-refractivity contribution in [3.63, 3.8) is 0 Å². The maximum atomic E-state index is 3.71. The van der Waals surface area contributed by atoms with Gasteiger partial charge in [-0.25, -0.2) is 0 Å². The Balaban J connectivity index is 2.13. The summed E-state index contributed by atoms with van der Waals surface area (Å²) < 4.78 is 0. The first-order valence-electron chi connectivity index (χ1n) is 7.56. The Morgan fingerprint density at radius 3 is 2.58 bits per heavy atom. The lowest BCUT2D eigenvalue weighted by Crippen LogP contribution is -2.48. The number of nitrogens with one attached hydrogen (secondary N) is 1. The highest BCUT2D eigenvalue weighted by molar-refractivity contribution is 5.33. The normalized spacial score (nSPS) is 25.3. The van der Waals surface area contributed by atoms with E-state index >= 15 is 0 Å². The Morgan fingerprint density at radius 2 is 1.95 bits per heavy atom. The molecule has 2 nitrogen and oxygen atoms in total. The largest absolute Gasteiger partial charge is 0.310 e. The quantitative estimate of drug-likeness (QED) is 0.897. The van der Waals surface area contributed by atoms with Crippen molar-refractivity contribution in [3.8, 4) is 0 Å². The van der Waals surface area contributed by atoms with E-state index in [0.29, 0.717) is 0 Å². The third kappa shape index (κ3) is 3.58. The van der Waals surface area contributed by atoms with Crippen LogP contribution in [0.4, 0.5) is 0 Å². The molecule has 0 spiro atoms. The second-order valence-corrected chi connectivity index (χ2v) is 6.28. The fraction of sp³-hybridized carbons (Fsp3) is 0.647. The molecule has 106 valence electrons. The summed E-state index contributed by atoms with van der Waals surface area (Å²) in [6.45, 7) is 13.7. The number of benzene rings is 1. The van der Waals surface area contributed by atoms with Gasteiger partial charge in [0.05, 0.1) is 0 Å². The molecule has 1 aromatic carbocycles. The van der Waals surface area contributed by atoms with E-state index in [4.69, 9.17) is 0 Å². The molecule has 2 rings (SSSR count). The van der Waals surface area contributed by atoms with Gasteiger partial charge in [0.25, 0.3) is 0 Å². The third-order valence-corrected chi connectivity index (χ3v) is 4.58. The van der Waals surface area contributed by atoms with Gasteiger partial charge in [0, 0.05) is 18.6 Å². The van der Waals surface area contributed by atoms with Crippen molar-refractivity contribution >= 4 is 0 Å². The highest BCUT2D eigenvalue weighted by Gasteiger charge is 2.27. The average molecular weight is 260 g/mol. The van der Waals surface area contributed by atoms with E-state index in [1.165, 1.54) is 36.1 Å². The topological polar surface area (TPSA) is 15.3 Å². The lowest BCUT2D eigenvalue weighted by Gasteiger charge is -2.33. The zero-order chi connectivity index (χ0) is 13.9. The van der Waals surface area contributed by atoms with Crippen molar-refractivity contribution in [2.75, 3.05) is 19.6 Å².